The maximum absolute atomic E-state index is 12.3. The minimum atomic E-state index is -3.58. The zero-order chi connectivity index (χ0) is 18.3. The molecule has 1 aromatic rings. The molecule has 0 N–H and O–H groups in total. The molecule has 0 spiro atoms. The van der Waals surface area contributed by atoms with Crippen molar-refractivity contribution in [3.63, 3.8) is 0 Å². The average Bonchev–Trinajstić information content (AvgIpc) is 3.07. The largest absolute Gasteiger partial charge is 0.382 e. The third-order valence-corrected chi connectivity index (χ3v) is 5.07. The fourth-order valence-electron chi connectivity index (χ4n) is 2.63. The van der Waals surface area contributed by atoms with Crippen LogP contribution in [0.3, 0.4) is 0 Å². The highest BCUT2D eigenvalue weighted by Gasteiger charge is 2.23. The summed E-state index contributed by atoms with van der Waals surface area (Å²) in [5.41, 5.74) is 0.784. The molecule has 1 aliphatic heterocycles. The predicted octanol–water partition coefficient (Wildman–Crippen LogP) is 1.57. The van der Waals surface area contributed by atoms with Gasteiger partial charge in [-0.2, -0.15) is 8.42 Å². The van der Waals surface area contributed by atoms with Gasteiger partial charge in [0.15, 0.2) is 0 Å². The van der Waals surface area contributed by atoms with Crippen molar-refractivity contribution in [2.24, 2.45) is 0 Å². The van der Waals surface area contributed by atoms with E-state index in [-0.39, 0.29) is 30.1 Å². The highest BCUT2D eigenvalue weighted by Crippen LogP contribution is 2.19. The molecule has 25 heavy (non-hydrogen) atoms. The molecule has 2 rings (SSSR count). The number of hydrogen-bond donors (Lipinski definition) is 0. The van der Waals surface area contributed by atoms with Crippen LogP contribution in [0.5, 0.6) is 5.75 Å². The monoisotopic (exact) mass is 371 g/mol. The average molecular weight is 371 g/mol. The SMILES string of the molecule is CCS(=O)(=O)Oc1cccc(CN(CC2CCCO2)C(=O)COC)c1. The number of methoxy groups -OCH3 is 1. The lowest BCUT2D eigenvalue weighted by molar-refractivity contribution is -0.137. The lowest BCUT2D eigenvalue weighted by atomic mass is 10.1. The molecule has 1 amide bonds. The Balaban J connectivity index is 2.09. The summed E-state index contributed by atoms with van der Waals surface area (Å²) >= 11 is 0. The lowest BCUT2D eigenvalue weighted by Gasteiger charge is -2.25. The van der Waals surface area contributed by atoms with E-state index in [1.165, 1.54) is 14.0 Å². The molecule has 1 saturated heterocycles. The van der Waals surface area contributed by atoms with E-state index in [1.54, 1.807) is 23.1 Å². The molecule has 1 aromatic carbocycles. The Morgan fingerprint density at radius 1 is 1.40 bits per heavy atom. The van der Waals surface area contributed by atoms with Crippen molar-refractivity contribution < 1.29 is 26.9 Å². The standard InChI is InChI=1S/C17H25NO6S/c1-3-25(20,21)24-15-7-4-6-14(10-15)11-18(17(19)13-22-2)12-16-8-5-9-23-16/h4,6-7,10,16H,3,5,8-9,11-13H2,1-2H3. The number of amides is 1. The molecule has 1 fully saturated rings. The van der Waals surface area contributed by atoms with Gasteiger partial charge in [0.25, 0.3) is 0 Å². The van der Waals surface area contributed by atoms with Crippen LogP contribution in [-0.4, -0.2) is 58.0 Å². The van der Waals surface area contributed by atoms with Crippen LogP contribution in [0.15, 0.2) is 24.3 Å². The Kier molecular flexibility index (Phi) is 7.22. The molecule has 1 unspecified atom stereocenters. The summed E-state index contributed by atoms with van der Waals surface area (Å²) in [4.78, 5) is 14.0. The molecule has 8 heteroatoms. The number of carbonyl (C=O) groups is 1. The van der Waals surface area contributed by atoms with Crippen molar-refractivity contribution in [2.75, 3.05) is 32.6 Å². The van der Waals surface area contributed by atoms with Gasteiger partial charge in [-0.05, 0) is 37.5 Å². The van der Waals surface area contributed by atoms with E-state index in [2.05, 4.69) is 0 Å². The molecule has 0 aromatic heterocycles. The normalized spacial score (nSPS) is 17.4. The van der Waals surface area contributed by atoms with Crippen molar-refractivity contribution in [1.29, 1.82) is 0 Å². The van der Waals surface area contributed by atoms with Gasteiger partial charge < -0.3 is 18.6 Å². The van der Waals surface area contributed by atoms with E-state index in [0.29, 0.717) is 13.1 Å². The first-order chi connectivity index (χ1) is 11.9. The van der Waals surface area contributed by atoms with Crippen LogP contribution in [0.1, 0.15) is 25.3 Å². The van der Waals surface area contributed by atoms with Crippen LogP contribution < -0.4 is 4.18 Å². The van der Waals surface area contributed by atoms with Crippen LogP contribution in [-0.2, 0) is 30.9 Å². The fourth-order valence-corrected chi connectivity index (χ4v) is 3.14. The minimum Gasteiger partial charge on any atom is -0.382 e. The van der Waals surface area contributed by atoms with Crippen molar-refractivity contribution in [3.05, 3.63) is 29.8 Å². The van der Waals surface area contributed by atoms with Gasteiger partial charge in [-0.25, -0.2) is 0 Å². The maximum Gasteiger partial charge on any atom is 0.308 e. The molecule has 0 radical (unpaired) electrons. The van der Waals surface area contributed by atoms with Crippen LogP contribution >= 0.6 is 0 Å². The van der Waals surface area contributed by atoms with Crippen LogP contribution in [0.2, 0.25) is 0 Å². The van der Waals surface area contributed by atoms with Crippen molar-refractivity contribution in [1.82, 2.24) is 4.90 Å². The van der Waals surface area contributed by atoms with E-state index in [1.807, 2.05) is 6.07 Å². The van der Waals surface area contributed by atoms with Gasteiger partial charge >= 0.3 is 10.1 Å². The molecule has 1 aliphatic rings. The Labute approximate surface area is 149 Å². The maximum atomic E-state index is 12.3. The van der Waals surface area contributed by atoms with Gasteiger partial charge in [0.1, 0.15) is 12.4 Å². The highest BCUT2D eigenvalue weighted by atomic mass is 32.2. The van der Waals surface area contributed by atoms with Crippen LogP contribution in [0.4, 0.5) is 0 Å². The summed E-state index contributed by atoms with van der Waals surface area (Å²) in [7, 11) is -2.10. The van der Waals surface area contributed by atoms with Gasteiger partial charge in [0, 0.05) is 26.8 Å². The fraction of sp³-hybridized carbons (Fsp3) is 0.588. The number of hydrogen-bond acceptors (Lipinski definition) is 6. The predicted molar refractivity (Wildman–Crippen MR) is 92.8 cm³/mol. The second-order valence-corrected chi connectivity index (χ2v) is 7.78. The second kappa shape index (κ2) is 9.17. The zero-order valence-corrected chi connectivity index (χ0v) is 15.5. The molecule has 1 atom stereocenters. The molecule has 7 nitrogen and oxygen atoms in total. The van der Waals surface area contributed by atoms with E-state index < -0.39 is 10.1 Å². The van der Waals surface area contributed by atoms with Gasteiger partial charge in [0.05, 0.1) is 11.9 Å². The molecule has 0 aliphatic carbocycles. The number of nitrogens with zero attached hydrogens (tertiary/aromatic N) is 1. The van der Waals surface area contributed by atoms with Gasteiger partial charge in [-0.1, -0.05) is 12.1 Å². The van der Waals surface area contributed by atoms with Crippen LogP contribution in [0, 0.1) is 0 Å². The van der Waals surface area contributed by atoms with E-state index in [9.17, 15) is 13.2 Å². The molecule has 1 heterocycles. The number of benzene rings is 1. The van der Waals surface area contributed by atoms with Gasteiger partial charge in [-0.3, -0.25) is 4.79 Å². The first-order valence-corrected chi connectivity index (χ1v) is 9.90. The molecule has 0 saturated carbocycles. The Hall–Kier alpha value is -1.64. The topological polar surface area (TPSA) is 82.1 Å². The third-order valence-electron chi connectivity index (χ3n) is 3.92. The minimum absolute atomic E-state index is 0.00682. The molecule has 140 valence electrons. The Bertz CT molecular complexity index is 669. The van der Waals surface area contributed by atoms with Crippen molar-refractivity contribution in [3.8, 4) is 5.75 Å². The van der Waals surface area contributed by atoms with Crippen LogP contribution in [0.25, 0.3) is 0 Å². The lowest BCUT2D eigenvalue weighted by Crippen LogP contribution is -2.38. The Morgan fingerprint density at radius 2 is 2.20 bits per heavy atom. The van der Waals surface area contributed by atoms with Crippen molar-refractivity contribution in [2.45, 2.75) is 32.4 Å². The second-order valence-electron chi connectivity index (χ2n) is 5.92. The van der Waals surface area contributed by atoms with E-state index in [0.717, 1.165) is 25.0 Å². The summed E-state index contributed by atoms with van der Waals surface area (Å²) in [6.07, 6.45) is 1.95. The first kappa shape index (κ1) is 19.7. The summed E-state index contributed by atoms with van der Waals surface area (Å²) in [6, 6.07) is 6.75. The third kappa shape index (κ3) is 6.30. The number of ether oxygens (including phenoxy) is 2. The van der Waals surface area contributed by atoms with Gasteiger partial charge in [-0.15, -0.1) is 0 Å². The number of rotatable bonds is 9. The van der Waals surface area contributed by atoms with Gasteiger partial charge in [0.2, 0.25) is 5.91 Å². The summed E-state index contributed by atoms with van der Waals surface area (Å²) in [5, 5.41) is 0. The van der Waals surface area contributed by atoms with E-state index >= 15 is 0 Å². The summed E-state index contributed by atoms with van der Waals surface area (Å²) in [6.45, 7) is 3.06. The summed E-state index contributed by atoms with van der Waals surface area (Å²) < 4.78 is 38.8. The number of carbonyl (C=O) groups excluding carboxylic acids is 1. The van der Waals surface area contributed by atoms with Crippen molar-refractivity contribution >= 4 is 16.0 Å². The quantitative estimate of drug-likeness (QED) is 0.613. The Morgan fingerprint density at radius 3 is 2.84 bits per heavy atom. The van der Waals surface area contributed by atoms with E-state index in [4.69, 9.17) is 13.7 Å². The molecular weight excluding hydrogens is 346 g/mol. The smallest absolute Gasteiger partial charge is 0.308 e. The molecule has 0 bridgehead atoms. The highest BCUT2D eigenvalue weighted by molar-refractivity contribution is 7.87. The first-order valence-electron chi connectivity index (χ1n) is 8.33. The summed E-state index contributed by atoms with van der Waals surface area (Å²) in [5.74, 6) is 0.00965. The zero-order valence-electron chi connectivity index (χ0n) is 14.6. The molecular formula is C17H25NO6S.